The van der Waals surface area contributed by atoms with Crippen LogP contribution in [0.4, 0.5) is 10.1 Å². The first kappa shape index (κ1) is 13.9. The summed E-state index contributed by atoms with van der Waals surface area (Å²) in [4.78, 5) is 0. The first-order valence-electron chi connectivity index (χ1n) is 7.06. The lowest BCUT2D eigenvalue weighted by Gasteiger charge is -2.32. The van der Waals surface area contributed by atoms with Gasteiger partial charge in [-0.3, -0.25) is 0 Å². The molecule has 2 rings (SSSR count). The Morgan fingerprint density at radius 2 is 2.16 bits per heavy atom. The Labute approximate surface area is 114 Å². The number of nitrogens with zero attached hydrogens (tertiary/aromatic N) is 1. The Kier molecular flexibility index (Phi) is 4.42. The van der Waals surface area contributed by atoms with Gasteiger partial charge < -0.3 is 5.32 Å². The number of halogens is 1. The minimum absolute atomic E-state index is 0.356. The molecule has 19 heavy (non-hydrogen) atoms. The molecule has 1 aromatic rings. The lowest BCUT2D eigenvalue weighted by Crippen LogP contribution is -2.29. The van der Waals surface area contributed by atoms with E-state index in [0.717, 1.165) is 24.4 Å². The van der Waals surface area contributed by atoms with Crippen molar-refractivity contribution in [2.24, 2.45) is 11.8 Å². The number of benzene rings is 1. The highest BCUT2D eigenvalue weighted by molar-refractivity contribution is 5.57. The minimum Gasteiger partial charge on any atom is -0.381 e. The van der Waals surface area contributed by atoms with Crippen LogP contribution in [0.15, 0.2) is 18.2 Å². The predicted octanol–water partition coefficient (Wildman–Crippen LogP) is 4.32. The first-order chi connectivity index (χ1) is 9.10. The standard InChI is InChI=1S/C16H21FN2/c1-11(2)12-4-3-5-15(9-12)19-16-7-6-14(17)8-13(16)10-18/h6-8,11-12,15,19H,3-5,9H2,1-2H3. The summed E-state index contributed by atoms with van der Waals surface area (Å²) in [6.07, 6.45) is 4.79. The van der Waals surface area contributed by atoms with E-state index in [-0.39, 0.29) is 5.82 Å². The third-order valence-corrected chi connectivity index (χ3v) is 4.12. The second-order valence-electron chi connectivity index (χ2n) is 5.81. The Morgan fingerprint density at radius 3 is 2.84 bits per heavy atom. The van der Waals surface area contributed by atoms with Crippen LogP contribution in [0.25, 0.3) is 0 Å². The van der Waals surface area contributed by atoms with Gasteiger partial charge >= 0.3 is 0 Å². The molecule has 0 bridgehead atoms. The van der Waals surface area contributed by atoms with E-state index in [4.69, 9.17) is 5.26 Å². The van der Waals surface area contributed by atoms with E-state index >= 15 is 0 Å². The smallest absolute Gasteiger partial charge is 0.124 e. The SMILES string of the molecule is CC(C)C1CCCC(Nc2ccc(F)cc2C#N)C1. The zero-order valence-corrected chi connectivity index (χ0v) is 11.6. The first-order valence-corrected chi connectivity index (χ1v) is 7.06. The van der Waals surface area contributed by atoms with Gasteiger partial charge in [-0.15, -0.1) is 0 Å². The van der Waals surface area contributed by atoms with Crippen molar-refractivity contribution >= 4 is 5.69 Å². The summed E-state index contributed by atoms with van der Waals surface area (Å²) in [7, 11) is 0. The maximum atomic E-state index is 13.1. The molecule has 1 fully saturated rings. The van der Waals surface area contributed by atoms with Gasteiger partial charge in [0.1, 0.15) is 11.9 Å². The molecule has 3 heteroatoms. The quantitative estimate of drug-likeness (QED) is 0.878. The highest BCUT2D eigenvalue weighted by Gasteiger charge is 2.24. The molecule has 102 valence electrons. The van der Waals surface area contributed by atoms with Gasteiger partial charge in [-0.1, -0.05) is 26.7 Å². The van der Waals surface area contributed by atoms with Crippen molar-refractivity contribution in [3.63, 3.8) is 0 Å². The molecule has 2 nitrogen and oxygen atoms in total. The molecule has 1 N–H and O–H groups in total. The molecule has 1 aliphatic carbocycles. The maximum Gasteiger partial charge on any atom is 0.124 e. The molecular weight excluding hydrogens is 239 g/mol. The number of nitriles is 1. The maximum absolute atomic E-state index is 13.1. The fraction of sp³-hybridized carbons (Fsp3) is 0.562. The van der Waals surface area contributed by atoms with Gasteiger partial charge in [0.05, 0.1) is 11.3 Å². The van der Waals surface area contributed by atoms with Crippen molar-refractivity contribution in [3.05, 3.63) is 29.6 Å². The van der Waals surface area contributed by atoms with Crippen molar-refractivity contribution in [2.75, 3.05) is 5.32 Å². The number of anilines is 1. The van der Waals surface area contributed by atoms with Crippen molar-refractivity contribution in [2.45, 2.75) is 45.6 Å². The van der Waals surface area contributed by atoms with Gasteiger partial charge in [0.25, 0.3) is 0 Å². The summed E-state index contributed by atoms with van der Waals surface area (Å²) >= 11 is 0. The summed E-state index contributed by atoms with van der Waals surface area (Å²) < 4.78 is 13.1. The second-order valence-corrected chi connectivity index (χ2v) is 5.81. The number of nitrogens with one attached hydrogen (secondary N) is 1. The molecule has 2 atom stereocenters. The third kappa shape index (κ3) is 3.47. The lowest BCUT2D eigenvalue weighted by molar-refractivity contribution is 0.264. The molecule has 0 amide bonds. The van der Waals surface area contributed by atoms with E-state index in [1.807, 2.05) is 0 Å². The van der Waals surface area contributed by atoms with Crippen molar-refractivity contribution in [1.29, 1.82) is 5.26 Å². The molecule has 1 aliphatic rings. The van der Waals surface area contributed by atoms with E-state index in [1.165, 1.54) is 25.0 Å². The Balaban J connectivity index is 2.07. The summed E-state index contributed by atoms with van der Waals surface area (Å²) in [6, 6.07) is 6.84. The van der Waals surface area contributed by atoms with Gasteiger partial charge in [-0.05, 0) is 42.9 Å². The van der Waals surface area contributed by atoms with Gasteiger partial charge in [0.15, 0.2) is 0 Å². The third-order valence-electron chi connectivity index (χ3n) is 4.12. The van der Waals surface area contributed by atoms with E-state index < -0.39 is 0 Å². The van der Waals surface area contributed by atoms with Gasteiger partial charge in [-0.2, -0.15) is 5.26 Å². The lowest BCUT2D eigenvalue weighted by atomic mass is 9.79. The molecule has 0 saturated heterocycles. The molecule has 1 saturated carbocycles. The van der Waals surface area contributed by atoms with E-state index in [0.29, 0.717) is 17.5 Å². The average molecular weight is 260 g/mol. The van der Waals surface area contributed by atoms with E-state index in [9.17, 15) is 4.39 Å². The zero-order chi connectivity index (χ0) is 13.8. The molecule has 0 radical (unpaired) electrons. The Morgan fingerprint density at radius 1 is 1.37 bits per heavy atom. The van der Waals surface area contributed by atoms with Crippen LogP contribution in [0.3, 0.4) is 0 Å². The summed E-state index contributed by atoms with van der Waals surface area (Å²) in [6.45, 7) is 4.54. The monoisotopic (exact) mass is 260 g/mol. The zero-order valence-electron chi connectivity index (χ0n) is 11.6. The minimum atomic E-state index is -0.356. The molecule has 1 aromatic carbocycles. The van der Waals surface area contributed by atoms with Crippen LogP contribution in [-0.2, 0) is 0 Å². The molecular formula is C16H21FN2. The normalized spacial score (nSPS) is 23.1. The molecule has 0 spiro atoms. The average Bonchev–Trinajstić information content (AvgIpc) is 2.41. The van der Waals surface area contributed by atoms with Crippen LogP contribution >= 0.6 is 0 Å². The Bertz CT molecular complexity index is 476. The number of rotatable bonds is 3. The summed E-state index contributed by atoms with van der Waals surface area (Å²) in [5, 5.41) is 12.5. The van der Waals surface area contributed by atoms with Crippen LogP contribution in [0, 0.1) is 29.0 Å². The second kappa shape index (κ2) is 6.06. The van der Waals surface area contributed by atoms with Gasteiger partial charge in [0.2, 0.25) is 0 Å². The number of hydrogen-bond acceptors (Lipinski definition) is 2. The fourth-order valence-electron chi connectivity index (χ4n) is 2.92. The van der Waals surface area contributed by atoms with Crippen LogP contribution in [0.2, 0.25) is 0 Å². The summed E-state index contributed by atoms with van der Waals surface area (Å²) in [5.41, 5.74) is 1.16. The van der Waals surface area contributed by atoms with E-state index in [1.54, 1.807) is 6.07 Å². The van der Waals surface area contributed by atoms with Crippen LogP contribution in [-0.4, -0.2) is 6.04 Å². The van der Waals surface area contributed by atoms with Crippen molar-refractivity contribution in [1.82, 2.24) is 0 Å². The highest BCUT2D eigenvalue weighted by atomic mass is 19.1. The predicted molar refractivity (Wildman–Crippen MR) is 75.3 cm³/mol. The Hall–Kier alpha value is -1.56. The van der Waals surface area contributed by atoms with Crippen LogP contribution in [0.5, 0.6) is 0 Å². The topological polar surface area (TPSA) is 35.8 Å². The number of hydrogen-bond donors (Lipinski definition) is 1. The molecule has 2 unspecified atom stereocenters. The highest BCUT2D eigenvalue weighted by Crippen LogP contribution is 2.32. The van der Waals surface area contributed by atoms with Gasteiger partial charge in [-0.25, -0.2) is 4.39 Å². The molecule has 0 aliphatic heterocycles. The molecule has 0 aromatic heterocycles. The molecule has 0 heterocycles. The summed E-state index contributed by atoms with van der Waals surface area (Å²) in [5.74, 6) is 1.09. The van der Waals surface area contributed by atoms with E-state index in [2.05, 4.69) is 25.2 Å². The van der Waals surface area contributed by atoms with Crippen molar-refractivity contribution < 1.29 is 4.39 Å². The van der Waals surface area contributed by atoms with Crippen molar-refractivity contribution in [3.8, 4) is 6.07 Å². The fourth-order valence-corrected chi connectivity index (χ4v) is 2.92. The largest absolute Gasteiger partial charge is 0.381 e. The van der Waals surface area contributed by atoms with Crippen LogP contribution in [0.1, 0.15) is 45.1 Å². The van der Waals surface area contributed by atoms with Crippen LogP contribution < -0.4 is 5.32 Å². The van der Waals surface area contributed by atoms with Gasteiger partial charge in [0, 0.05) is 6.04 Å².